The molecule has 1 aromatic carbocycles. The second-order valence-electron chi connectivity index (χ2n) is 11.8. The highest BCUT2D eigenvalue weighted by atomic mass is 16.5. The van der Waals surface area contributed by atoms with Gasteiger partial charge in [-0.15, -0.1) is 0 Å². The largest absolute Gasteiger partial charge is 0.466 e. The Hall–Kier alpha value is -3.64. The van der Waals surface area contributed by atoms with E-state index < -0.39 is 5.60 Å². The minimum absolute atomic E-state index is 0.142. The van der Waals surface area contributed by atoms with Crippen LogP contribution in [0.25, 0.3) is 0 Å². The zero-order valence-corrected chi connectivity index (χ0v) is 24.1. The molecule has 4 heterocycles. The second kappa shape index (κ2) is 11.7. The fraction of sp³-hybridized carbons (Fsp3) is 0.562. The van der Waals surface area contributed by atoms with Crippen molar-refractivity contribution in [3.05, 3.63) is 53.6 Å². The van der Waals surface area contributed by atoms with Crippen molar-refractivity contribution in [1.82, 2.24) is 19.8 Å². The number of fused-ring (bicyclic) bond motifs is 3. The summed E-state index contributed by atoms with van der Waals surface area (Å²) in [5, 5.41) is 9.51. The minimum atomic E-state index is -0.393. The molecule has 9 heteroatoms. The van der Waals surface area contributed by atoms with Crippen molar-refractivity contribution in [3.8, 4) is 18.0 Å². The molecule has 2 saturated heterocycles. The maximum absolute atomic E-state index is 12.5. The molecule has 1 amide bonds. The van der Waals surface area contributed by atoms with Gasteiger partial charge in [0, 0.05) is 25.7 Å². The molecule has 1 aliphatic carbocycles. The molecule has 1 aromatic heterocycles. The lowest BCUT2D eigenvalue weighted by Gasteiger charge is -2.44. The van der Waals surface area contributed by atoms with Gasteiger partial charge in [0.05, 0.1) is 30.7 Å². The number of likely N-dealkylation sites (tertiary alicyclic amines) is 1. The van der Waals surface area contributed by atoms with Crippen molar-refractivity contribution < 1.29 is 14.3 Å². The summed E-state index contributed by atoms with van der Waals surface area (Å²) >= 11 is 0. The van der Waals surface area contributed by atoms with Crippen LogP contribution >= 0.6 is 0 Å². The highest BCUT2D eigenvalue weighted by Crippen LogP contribution is 2.48. The Morgan fingerprint density at radius 2 is 2.07 bits per heavy atom. The number of ether oxygens (including phenoxy) is 2. The third kappa shape index (κ3) is 5.38. The Balaban J connectivity index is 1.31. The SMILES string of the molecule is C=CC(=O)N1CCN(c2nc(OCC[C@@H]3CCCN3C)nc3c2CC[C@@]2(CCCc4ccccc42)O3)C[C@@H]1CC#N. The highest BCUT2D eigenvalue weighted by molar-refractivity contribution is 5.87. The van der Waals surface area contributed by atoms with E-state index in [1.165, 1.54) is 30.0 Å². The number of carbonyl (C=O) groups excluding carboxylic acids is 1. The summed E-state index contributed by atoms with van der Waals surface area (Å²) in [5.41, 5.74) is 3.22. The zero-order valence-electron chi connectivity index (χ0n) is 24.1. The Bertz CT molecular complexity index is 1340. The number of piperazine rings is 1. The quantitative estimate of drug-likeness (QED) is 0.472. The number of benzene rings is 1. The molecular formula is C32H40N6O3. The Kier molecular flexibility index (Phi) is 7.85. The molecule has 3 aliphatic heterocycles. The number of nitrogens with zero attached hydrogens (tertiary/aromatic N) is 6. The number of nitriles is 1. The average molecular weight is 557 g/mol. The van der Waals surface area contributed by atoms with Gasteiger partial charge in [-0.25, -0.2) is 0 Å². The first-order valence-electron chi connectivity index (χ1n) is 15.1. The molecular weight excluding hydrogens is 516 g/mol. The Labute approximate surface area is 242 Å². The van der Waals surface area contributed by atoms with Crippen molar-refractivity contribution in [1.29, 1.82) is 5.26 Å². The lowest BCUT2D eigenvalue weighted by Crippen LogP contribution is -2.55. The van der Waals surface area contributed by atoms with Crippen molar-refractivity contribution >= 4 is 11.7 Å². The van der Waals surface area contributed by atoms with Crippen molar-refractivity contribution in [3.63, 3.8) is 0 Å². The monoisotopic (exact) mass is 556 g/mol. The maximum atomic E-state index is 12.5. The highest BCUT2D eigenvalue weighted by Gasteiger charge is 2.44. The molecule has 1 spiro atoms. The average Bonchev–Trinajstić information content (AvgIpc) is 3.41. The molecule has 3 atom stereocenters. The standard InChI is InChI=1S/C32H40N6O3/c1-3-28(39)38-20-19-37(22-25(38)13-17-33)29-26-12-16-32(15-6-9-23-8-4-5-11-27(23)32)41-30(26)35-31(34-29)40-21-14-24-10-7-18-36(24)2/h3-5,8,11,24-25H,1,6-7,9-10,12-16,18-22H2,2H3/t24-,25-,32+/m0/s1. The fourth-order valence-electron chi connectivity index (χ4n) is 7.24. The molecule has 216 valence electrons. The summed E-state index contributed by atoms with van der Waals surface area (Å²) in [5.74, 6) is 1.26. The van der Waals surface area contributed by atoms with Gasteiger partial charge in [0.2, 0.25) is 11.8 Å². The topological polar surface area (TPSA) is 94.8 Å². The Morgan fingerprint density at radius 1 is 1.20 bits per heavy atom. The van der Waals surface area contributed by atoms with Crippen LogP contribution in [0.15, 0.2) is 36.9 Å². The fourth-order valence-corrected chi connectivity index (χ4v) is 7.24. The summed E-state index contributed by atoms with van der Waals surface area (Å²) in [7, 11) is 2.18. The van der Waals surface area contributed by atoms with Crippen LogP contribution in [-0.2, 0) is 23.2 Å². The summed E-state index contributed by atoms with van der Waals surface area (Å²) in [6.07, 6.45) is 9.68. The summed E-state index contributed by atoms with van der Waals surface area (Å²) in [4.78, 5) is 28.7. The number of anilines is 1. The molecule has 0 unspecified atom stereocenters. The van der Waals surface area contributed by atoms with Crippen LogP contribution in [0.4, 0.5) is 5.82 Å². The first-order valence-corrected chi connectivity index (χ1v) is 15.1. The van der Waals surface area contributed by atoms with Gasteiger partial charge in [0.25, 0.3) is 0 Å². The van der Waals surface area contributed by atoms with Gasteiger partial charge in [0.1, 0.15) is 11.4 Å². The van der Waals surface area contributed by atoms with Crippen LogP contribution in [0.3, 0.4) is 0 Å². The van der Waals surface area contributed by atoms with Crippen LogP contribution in [0, 0.1) is 11.3 Å². The zero-order chi connectivity index (χ0) is 28.4. The molecule has 0 bridgehead atoms. The van der Waals surface area contributed by atoms with Crippen molar-refractivity contribution in [2.75, 3.05) is 44.7 Å². The number of aromatic nitrogens is 2. The van der Waals surface area contributed by atoms with Gasteiger partial charge < -0.3 is 24.2 Å². The molecule has 0 saturated carbocycles. The van der Waals surface area contributed by atoms with Gasteiger partial charge in [-0.1, -0.05) is 30.8 Å². The first-order chi connectivity index (χ1) is 20.0. The lowest BCUT2D eigenvalue weighted by molar-refractivity contribution is -0.128. The molecule has 9 nitrogen and oxygen atoms in total. The van der Waals surface area contributed by atoms with Gasteiger partial charge in [0.15, 0.2) is 0 Å². The molecule has 41 heavy (non-hydrogen) atoms. The second-order valence-corrected chi connectivity index (χ2v) is 11.8. The third-order valence-corrected chi connectivity index (χ3v) is 9.45. The molecule has 0 radical (unpaired) electrons. The van der Waals surface area contributed by atoms with Gasteiger partial charge in [-0.2, -0.15) is 15.2 Å². The van der Waals surface area contributed by atoms with E-state index in [0.29, 0.717) is 44.2 Å². The predicted octanol–water partition coefficient (Wildman–Crippen LogP) is 4.01. The van der Waals surface area contributed by atoms with E-state index in [1.807, 2.05) is 0 Å². The van der Waals surface area contributed by atoms with Crippen molar-refractivity contribution in [2.24, 2.45) is 0 Å². The molecule has 2 fully saturated rings. The molecule has 0 N–H and O–H groups in total. The van der Waals surface area contributed by atoms with Crippen LogP contribution in [0.5, 0.6) is 11.9 Å². The van der Waals surface area contributed by atoms with E-state index in [-0.39, 0.29) is 18.4 Å². The number of carbonyl (C=O) groups is 1. The van der Waals surface area contributed by atoms with Gasteiger partial charge in [-0.3, -0.25) is 4.79 Å². The summed E-state index contributed by atoms with van der Waals surface area (Å²) in [6.45, 7) is 6.94. The molecule has 2 aromatic rings. The van der Waals surface area contributed by atoms with Crippen LogP contribution < -0.4 is 14.4 Å². The molecule has 4 aliphatic rings. The maximum Gasteiger partial charge on any atom is 0.321 e. The molecule has 6 rings (SSSR count). The number of rotatable bonds is 7. The van der Waals surface area contributed by atoms with E-state index in [4.69, 9.17) is 19.4 Å². The van der Waals surface area contributed by atoms with Crippen LogP contribution in [0.2, 0.25) is 0 Å². The van der Waals surface area contributed by atoms with E-state index in [0.717, 1.165) is 56.5 Å². The normalized spacial score (nSPS) is 25.7. The number of hydrogen-bond donors (Lipinski definition) is 0. The van der Waals surface area contributed by atoms with E-state index in [9.17, 15) is 10.1 Å². The number of aryl methyl sites for hydroxylation is 1. The lowest BCUT2D eigenvalue weighted by atomic mass is 9.75. The van der Waals surface area contributed by atoms with Crippen molar-refractivity contribution in [2.45, 2.75) is 75.5 Å². The summed E-state index contributed by atoms with van der Waals surface area (Å²) in [6, 6.07) is 11.5. The van der Waals surface area contributed by atoms with Crippen LogP contribution in [0.1, 0.15) is 61.6 Å². The van der Waals surface area contributed by atoms with Crippen LogP contribution in [-0.4, -0.2) is 77.6 Å². The summed E-state index contributed by atoms with van der Waals surface area (Å²) < 4.78 is 13.1. The van der Waals surface area contributed by atoms with Gasteiger partial charge in [-0.05, 0) is 82.2 Å². The number of hydrogen-bond acceptors (Lipinski definition) is 8. The minimum Gasteiger partial charge on any atom is -0.466 e. The smallest absolute Gasteiger partial charge is 0.321 e. The third-order valence-electron chi connectivity index (χ3n) is 9.45. The number of amides is 1. The van der Waals surface area contributed by atoms with E-state index in [2.05, 4.69) is 53.8 Å². The van der Waals surface area contributed by atoms with E-state index in [1.54, 1.807) is 4.90 Å². The predicted molar refractivity (Wildman–Crippen MR) is 156 cm³/mol. The van der Waals surface area contributed by atoms with E-state index >= 15 is 0 Å². The Morgan fingerprint density at radius 3 is 2.88 bits per heavy atom. The van der Waals surface area contributed by atoms with Gasteiger partial charge >= 0.3 is 6.01 Å². The first kappa shape index (κ1) is 27.5.